The van der Waals surface area contributed by atoms with Crippen LogP contribution in [0, 0.1) is 5.82 Å². The molecule has 6 nitrogen and oxygen atoms in total. The SMILES string of the molecule is COC(=O)c1ccc([C@H]2c3c(oc4ccccc4c3=O)C(=O)N2Cc2ccc(F)cc2)cc1. The van der Waals surface area contributed by atoms with Crippen LogP contribution >= 0.6 is 0 Å². The van der Waals surface area contributed by atoms with Gasteiger partial charge in [0.2, 0.25) is 5.76 Å². The molecule has 164 valence electrons. The zero-order chi connectivity index (χ0) is 23.1. The van der Waals surface area contributed by atoms with Crippen LogP contribution in [0.1, 0.15) is 43.6 Å². The minimum absolute atomic E-state index is 0.0112. The van der Waals surface area contributed by atoms with E-state index in [1.165, 1.54) is 24.1 Å². The molecule has 7 heteroatoms. The number of rotatable bonds is 4. The van der Waals surface area contributed by atoms with Crippen molar-refractivity contribution in [3.8, 4) is 0 Å². The van der Waals surface area contributed by atoms with Crippen molar-refractivity contribution in [2.45, 2.75) is 12.6 Å². The molecule has 0 radical (unpaired) electrons. The van der Waals surface area contributed by atoms with E-state index in [0.717, 1.165) is 0 Å². The molecule has 0 spiro atoms. The van der Waals surface area contributed by atoms with Gasteiger partial charge < -0.3 is 14.1 Å². The summed E-state index contributed by atoms with van der Waals surface area (Å²) in [7, 11) is 1.29. The summed E-state index contributed by atoms with van der Waals surface area (Å²) in [4.78, 5) is 40.2. The molecule has 0 unspecified atom stereocenters. The van der Waals surface area contributed by atoms with Gasteiger partial charge in [-0.25, -0.2) is 9.18 Å². The Hall–Kier alpha value is -4.26. The van der Waals surface area contributed by atoms with E-state index in [4.69, 9.17) is 9.15 Å². The molecule has 4 aromatic rings. The highest BCUT2D eigenvalue weighted by Crippen LogP contribution is 2.39. The molecular formula is C26H18FNO5. The average Bonchev–Trinajstić information content (AvgIpc) is 3.12. The largest absolute Gasteiger partial charge is 0.465 e. The fraction of sp³-hybridized carbons (Fsp3) is 0.115. The molecule has 0 saturated heterocycles. The predicted molar refractivity (Wildman–Crippen MR) is 118 cm³/mol. The molecule has 0 bridgehead atoms. The lowest BCUT2D eigenvalue weighted by Crippen LogP contribution is -2.29. The Labute approximate surface area is 187 Å². The number of ether oxygens (including phenoxy) is 1. The van der Waals surface area contributed by atoms with Crippen LogP contribution in [0.25, 0.3) is 11.0 Å². The van der Waals surface area contributed by atoms with Crippen LogP contribution in [0.2, 0.25) is 0 Å². The Kier molecular flexibility index (Phi) is 5.01. The highest BCUT2D eigenvalue weighted by Gasteiger charge is 2.42. The highest BCUT2D eigenvalue weighted by molar-refractivity contribution is 5.99. The summed E-state index contributed by atoms with van der Waals surface area (Å²) >= 11 is 0. The second-order valence-corrected chi connectivity index (χ2v) is 7.75. The van der Waals surface area contributed by atoms with Crippen LogP contribution < -0.4 is 5.43 Å². The molecule has 2 heterocycles. The second kappa shape index (κ2) is 8.02. The zero-order valence-electron chi connectivity index (χ0n) is 17.6. The van der Waals surface area contributed by atoms with Crippen molar-refractivity contribution in [3.63, 3.8) is 0 Å². The molecule has 1 amide bonds. The van der Waals surface area contributed by atoms with Gasteiger partial charge in [-0.2, -0.15) is 0 Å². The molecule has 33 heavy (non-hydrogen) atoms. The van der Waals surface area contributed by atoms with Crippen LogP contribution in [0.3, 0.4) is 0 Å². The van der Waals surface area contributed by atoms with E-state index in [9.17, 15) is 18.8 Å². The fourth-order valence-corrected chi connectivity index (χ4v) is 4.18. The van der Waals surface area contributed by atoms with Crippen molar-refractivity contribution < 1.29 is 23.1 Å². The number of carbonyl (C=O) groups is 2. The van der Waals surface area contributed by atoms with Crippen LogP contribution in [-0.4, -0.2) is 23.9 Å². The lowest BCUT2D eigenvalue weighted by molar-refractivity contribution is 0.0599. The number of benzene rings is 3. The van der Waals surface area contributed by atoms with Crippen molar-refractivity contribution in [1.82, 2.24) is 4.90 Å². The predicted octanol–water partition coefficient (Wildman–Crippen LogP) is 4.46. The molecule has 1 aliphatic heterocycles. The Morgan fingerprint density at radius 2 is 1.70 bits per heavy atom. The number of carbonyl (C=O) groups excluding carboxylic acids is 2. The number of halogens is 1. The quantitative estimate of drug-likeness (QED) is 0.435. The van der Waals surface area contributed by atoms with Gasteiger partial charge in [0.05, 0.1) is 29.7 Å². The molecular weight excluding hydrogens is 425 g/mol. The number of esters is 1. The van der Waals surface area contributed by atoms with Crippen LogP contribution in [0.15, 0.2) is 82.0 Å². The summed E-state index contributed by atoms with van der Waals surface area (Å²) in [6.07, 6.45) is 0. The first-order valence-corrected chi connectivity index (χ1v) is 10.3. The van der Waals surface area contributed by atoms with E-state index in [1.54, 1.807) is 60.7 Å². The Balaban J connectivity index is 1.67. The maximum atomic E-state index is 13.5. The van der Waals surface area contributed by atoms with Gasteiger partial charge in [-0.3, -0.25) is 9.59 Å². The third-order valence-electron chi connectivity index (χ3n) is 5.79. The minimum atomic E-state index is -0.731. The van der Waals surface area contributed by atoms with Gasteiger partial charge in [0.15, 0.2) is 5.43 Å². The number of fused-ring (bicyclic) bond motifs is 2. The highest BCUT2D eigenvalue weighted by atomic mass is 19.1. The summed E-state index contributed by atoms with van der Waals surface area (Å²) in [5.41, 5.74) is 1.97. The van der Waals surface area contributed by atoms with Gasteiger partial charge in [-0.15, -0.1) is 0 Å². The molecule has 1 aliphatic rings. The number of amides is 1. The van der Waals surface area contributed by atoms with Crippen molar-refractivity contribution >= 4 is 22.8 Å². The average molecular weight is 443 g/mol. The maximum absolute atomic E-state index is 13.5. The van der Waals surface area contributed by atoms with E-state index < -0.39 is 17.9 Å². The maximum Gasteiger partial charge on any atom is 0.337 e. The summed E-state index contributed by atoms with van der Waals surface area (Å²) in [6.45, 7) is 0.141. The number of para-hydroxylation sites is 1. The minimum Gasteiger partial charge on any atom is -0.465 e. The van der Waals surface area contributed by atoms with Gasteiger partial charge in [0.25, 0.3) is 5.91 Å². The normalized spacial score (nSPS) is 15.0. The fourth-order valence-electron chi connectivity index (χ4n) is 4.18. The smallest absolute Gasteiger partial charge is 0.337 e. The Bertz CT molecular complexity index is 1440. The van der Waals surface area contributed by atoms with E-state index in [-0.39, 0.29) is 29.1 Å². The molecule has 1 atom stereocenters. The third kappa shape index (κ3) is 3.47. The van der Waals surface area contributed by atoms with Gasteiger partial charge in [-0.1, -0.05) is 36.4 Å². The molecule has 3 aromatic carbocycles. The van der Waals surface area contributed by atoms with Crippen molar-refractivity contribution in [2.75, 3.05) is 7.11 Å². The van der Waals surface area contributed by atoms with E-state index >= 15 is 0 Å². The number of methoxy groups -OCH3 is 1. The molecule has 5 rings (SSSR count). The molecule has 0 N–H and O–H groups in total. The summed E-state index contributed by atoms with van der Waals surface area (Å²) in [6, 6.07) is 18.4. The van der Waals surface area contributed by atoms with Gasteiger partial charge >= 0.3 is 5.97 Å². The number of nitrogens with zero attached hydrogens (tertiary/aromatic N) is 1. The monoisotopic (exact) mass is 443 g/mol. The summed E-state index contributed by atoms with van der Waals surface area (Å²) < 4.78 is 24.0. The number of hydrogen-bond acceptors (Lipinski definition) is 5. The Morgan fingerprint density at radius 1 is 1.00 bits per heavy atom. The number of hydrogen-bond donors (Lipinski definition) is 0. The third-order valence-corrected chi connectivity index (χ3v) is 5.79. The first-order valence-electron chi connectivity index (χ1n) is 10.3. The second-order valence-electron chi connectivity index (χ2n) is 7.75. The van der Waals surface area contributed by atoms with Gasteiger partial charge in [0.1, 0.15) is 11.4 Å². The van der Waals surface area contributed by atoms with E-state index in [1.807, 2.05) is 0 Å². The standard InChI is InChI=1S/C26H18FNO5/c1-32-26(31)17-10-8-16(9-11-17)22-21-23(29)19-4-2-3-5-20(19)33-24(21)25(30)28(22)14-15-6-12-18(27)13-7-15/h2-13,22H,14H2,1H3/t22-/m0/s1. The van der Waals surface area contributed by atoms with E-state index in [0.29, 0.717) is 27.7 Å². The van der Waals surface area contributed by atoms with Crippen LogP contribution in [0.4, 0.5) is 4.39 Å². The van der Waals surface area contributed by atoms with Crippen molar-refractivity contribution in [3.05, 3.63) is 117 Å². The first kappa shape index (κ1) is 20.6. The van der Waals surface area contributed by atoms with Crippen LogP contribution in [-0.2, 0) is 11.3 Å². The first-order chi connectivity index (χ1) is 16.0. The van der Waals surface area contributed by atoms with Gasteiger partial charge in [-0.05, 0) is 47.5 Å². The van der Waals surface area contributed by atoms with Crippen molar-refractivity contribution in [2.24, 2.45) is 0 Å². The zero-order valence-corrected chi connectivity index (χ0v) is 17.6. The van der Waals surface area contributed by atoms with Crippen molar-refractivity contribution in [1.29, 1.82) is 0 Å². The lowest BCUT2D eigenvalue weighted by Gasteiger charge is -2.25. The molecule has 0 aliphatic carbocycles. The summed E-state index contributed by atoms with van der Waals surface area (Å²) in [5.74, 6) is -1.31. The lowest BCUT2D eigenvalue weighted by atomic mass is 9.97. The molecule has 1 aromatic heterocycles. The molecule has 0 saturated carbocycles. The Morgan fingerprint density at radius 3 is 2.39 bits per heavy atom. The molecule has 0 fully saturated rings. The van der Waals surface area contributed by atoms with Gasteiger partial charge in [0, 0.05) is 6.54 Å². The van der Waals surface area contributed by atoms with Crippen LogP contribution in [0.5, 0.6) is 0 Å². The topological polar surface area (TPSA) is 76.8 Å². The summed E-state index contributed by atoms with van der Waals surface area (Å²) in [5, 5.41) is 0.379. The van der Waals surface area contributed by atoms with E-state index in [2.05, 4.69) is 0 Å².